The third-order valence-corrected chi connectivity index (χ3v) is 8.42. The van der Waals surface area contributed by atoms with E-state index >= 15 is 0 Å². The number of nitriles is 1. The maximum Gasteiger partial charge on any atom is 0.270 e. The summed E-state index contributed by atoms with van der Waals surface area (Å²) < 4.78 is 0. The van der Waals surface area contributed by atoms with E-state index in [1.165, 1.54) is 11.1 Å². The van der Waals surface area contributed by atoms with Crippen LogP contribution in [0.3, 0.4) is 0 Å². The molecule has 8 rings (SSSR count). The van der Waals surface area contributed by atoms with E-state index in [4.69, 9.17) is 6.57 Å². The van der Waals surface area contributed by atoms with Gasteiger partial charge in [-0.05, 0) is 101 Å². The third kappa shape index (κ3) is 3.83. The summed E-state index contributed by atoms with van der Waals surface area (Å²) >= 11 is 0. The van der Waals surface area contributed by atoms with Crippen LogP contribution in [0, 0.1) is 17.9 Å². The van der Waals surface area contributed by atoms with Crippen molar-refractivity contribution in [3.05, 3.63) is 151 Å². The molecule has 2 aromatic heterocycles. The van der Waals surface area contributed by atoms with Crippen LogP contribution in [0.25, 0.3) is 81.3 Å². The average molecular weight is 559 g/mol. The second-order valence-corrected chi connectivity index (χ2v) is 10.7. The van der Waals surface area contributed by atoms with E-state index in [-0.39, 0.29) is 0 Å². The summed E-state index contributed by atoms with van der Waals surface area (Å²) in [7, 11) is 0. The van der Waals surface area contributed by atoms with Crippen molar-refractivity contribution in [3.8, 4) is 39.4 Å². The highest BCUT2D eigenvalue weighted by molar-refractivity contribution is 6.29. The lowest BCUT2D eigenvalue weighted by molar-refractivity contribution is 1.27. The van der Waals surface area contributed by atoms with Gasteiger partial charge < -0.3 is 4.85 Å². The standard InChI is InChI=1S/C40H22N4/c1-42-36-23-26(19-21-44-36)38-30-12-4-8-16-34(30)40(35-17-9-5-13-31(35)38)39-32-14-6-2-10-28(32)37(29-11-3-7-15-33(29)39)25-18-20-43-27(22-25)24-41/h2-23H. The summed E-state index contributed by atoms with van der Waals surface area (Å²) in [6.07, 6.45) is 3.43. The molecular weight excluding hydrogens is 536 g/mol. The number of pyridine rings is 2. The maximum absolute atomic E-state index is 9.63. The molecule has 2 heterocycles. The summed E-state index contributed by atoms with van der Waals surface area (Å²) in [5.41, 5.74) is 6.86. The van der Waals surface area contributed by atoms with Crippen LogP contribution in [0.5, 0.6) is 0 Å². The molecule has 0 bridgehead atoms. The van der Waals surface area contributed by atoms with Crippen LogP contribution in [0.4, 0.5) is 5.82 Å². The second kappa shape index (κ2) is 10.2. The Hall–Kier alpha value is -6.36. The molecule has 44 heavy (non-hydrogen) atoms. The highest BCUT2D eigenvalue weighted by Gasteiger charge is 2.22. The van der Waals surface area contributed by atoms with Gasteiger partial charge in [0.05, 0.1) is 0 Å². The first kappa shape index (κ1) is 25.4. The number of nitrogens with zero attached hydrogens (tertiary/aromatic N) is 4. The molecule has 4 nitrogen and oxygen atoms in total. The highest BCUT2D eigenvalue weighted by Crippen LogP contribution is 2.49. The molecule has 0 fully saturated rings. The summed E-state index contributed by atoms with van der Waals surface area (Å²) in [6.45, 7) is 7.57. The van der Waals surface area contributed by atoms with Crippen LogP contribution < -0.4 is 0 Å². The van der Waals surface area contributed by atoms with Gasteiger partial charge in [-0.15, -0.1) is 4.98 Å². The first-order valence-electron chi connectivity index (χ1n) is 14.3. The molecule has 0 spiro atoms. The Morgan fingerprint density at radius 1 is 0.477 bits per heavy atom. The maximum atomic E-state index is 9.63. The number of rotatable bonds is 3. The van der Waals surface area contributed by atoms with Crippen LogP contribution >= 0.6 is 0 Å². The molecule has 0 N–H and O–H groups in total. The summed E-state index contributed by atoms with van der Waals surface area (Å²) in [5.74, 6) is 0.378. The fraction of sp³-hybridized carbons (Fsp3) is 0. The van der Waals surface area contributed by atoms with Crippen LogP contribution in [-0.4, -0.2) is 9.97 Å². The quantitative estimate of drug-likeness (QED) is 0.160. The van der Waals surface area contributed by atoms with E-state index in [0.29, 0.717) is 11.5 Å². The number of hydrogen-bond donors (Lipinski definition) is 0. The van der Waals surface area contributed by atoms with Gasteiger partial charge in [-0.3, -0.25) is 0 Å². The molecule has 202 valence electrons. The van der Waals surface area contributed by atoms with Crippen molar-refractivity contribution in [2.45, 2.75) is 0 Å². The lowest BCUT2D eigenvalue weighted by atomic mass is 9.81. The van der Waals surface area contributed by atoms with Crippen molar-refractivity contribution in [3.63, 3.8) is 0 Å². The van der Waals surface area contributed by atoms with E-state index < -0.39 is 0 Å². The first-order valence-corrected chi connectivity index (χ1v) is 14.3. The minimum absolute atomic E-state index is 0.378. The van der Waals surface area contributed by atoms with Crippen LogP contribution in [0.1, 0.15) is 5.69 Å². The van der Waals surface area contributed by atoms with E-state index in [1.54, 1.807) is 12.4 Å². The Labute approximate surface area is 253 Å². The smallest absolute Gasteiger partial charge is 0.270 e. The third-order valence-electron chi connectivity index (χ3n) is 8.42. The van der Waals surface area contributed by atoms with Gasteiger partial charge in [0.25, 0.3) is 5.82 Å². The Bertz CT molecular complexity index is 2240. The van der Waals surface area contributed by atoms with Crippen molar-refractivity contribution < 1.29 is 0 Å². The van der Waals surface area contributed by atoms with Crippen molar-refractivity contribution >= 4 is 48.9 Å². The zero-order chi connectivity index (χ0) is 29.6. The van der Waals surface area contributed by atoms with E-state index in [2.05, 4.69) is 118 Å². The Balaban J connectivity index is 1.58. The average Bonchev–Trinajstić information content (AvgIpc) is 3.09. The predicted molar refractivity (Wildman–Crippen MR) is 179 cm³/mol. The van der Waals surface area contributed by atoms with Crippen molar-refractivity contribution in [2.24, 2.45) is 0 Å². The first-order chi connectivity index (χ1) is 21.8. The molecule has 0 aliphatic carbocycles. The molecule has 0 radical (unpaired) electrons. The molecule has 0 unspecified atom stereocenters. The molecular formula is C40H22N4. The van der Waals surface area contributed by atoms with Crippen LogP contribution in [-0.2, 0) is 0 Å². The normalized spacial score (nSPS) is 11.1. The number of benzene rings is 6. The van der Waals surface area contributed by atoms with Gasteiger partial charge >= 0.3 is 0 Å². The van der Waals surface area contributed by atoms with Gasteiger partial charge in [0.2, 0.25) is 0 Å². The Kier molecular flexibility index (Phi) is 5.86. The van der Waals surface area contributed by atoms with Crippen LogP contribution in [0.2, 0.25) is 0 Å². The number of hydrogen-bond acceptors (Lipinski definition) is 3. The molecule has 0 aliphatic heterocycles. The Morgan fingerprint density at radius 3 is 1.23 bits per heavy atom. The van der Waals surface area contributed by atoms with Gasteiger partial charge in [-0.2, -0.15) is 5.26 Å². The summed E-state index contributed by atoms with van der Waals surface area (Å²) in [5, 5.41) is 18.7. The zero-order valence-corrected chi connectivity index (χ0v) is 23.5. The Morgan fingerprint density at radius 2 is 0.841 bits per heavy atom. The van der Waals surface area contributed by atoms with E-state index in [9.17, 15) is 5.26 Å². The number of fused-ring (bicyclic) bond motifs is 4. The minimum Gasteiger partial charge on any atom is -0.361 e. The van der Waals surface area contributed by atoms with Gasteiger partial charge in [0.1, 0.15) is 18.0 Å². The second-order valence-electron chi connectivity index (χ2n) is 10.7. The SMILES string of the molecule is [C-]#[N+]c1cc(-c2c3ccccc3c(-c3c4ccccc4c(-c4ccnc(C#N)c4)c4ccccc34)c3ccccc23)ccn1. The lowest BCUT2D eigenvalue weighted by Gasteiger charge is -2.22. The van der Waals surface area contributed by atoms with Crippen molar-refractivity contribution in [1.29, 1.82) is 5.26 Å². The van der Waals surface area contributed by atoms with E-state index in [1.807, 2.05) is 24.3 Å². The minimum atomic E-state index is 0.378. The highest BCUT2D eigenvalue weighted by atomic mass is 14.8. The molecule has 0 saturated carbocycles. The number of aromatic nitrogens is 2. The van der Waals surface area contributed by atoms with Gasteiger partial charge in [0, 0.05) is 6.20 Å². The molecule has 8 aromatic rings. The topological polar surface area (TPSA) is 53.9 Å². The van der Waals surface area contributed by atoms with Crippen molar-refractivity contribution in [2.75, 3.05) is 0 Å². The molecule has 6 aromatic carbocycles. The fourth-order valence-electron chi connectivity index (χ4n) is 6.70. The largest absolute Gasteiger partial charge is 0.361 e. The predicted octanol–water partition coefficient (Wildman–Crippen LogP) is 10.5. The summed E-state index contributed by atoms with van der Waals surface area (Å²) in [6, 6.07) is 44.2. The molecule has 0 atom stereocenters. The zero-order valence-electron chi connectivity index (χ0n) is 23.5. The molecule has 0 amide bonds. The fourth-order valence-corrected chi connectivity index (χ4v) is 6.70. The van der Waals surface area contributed by atoms with Crippen molar-refractivity contribution in [1.82, 2.24) is 9.97 Å². The van der Waals surface area contributed by atoms with Gasteiger partial charge in [-0.25, -0.2) is 4.98 Å². The van der Waals surface area contributed by atoms with Gasteiger partial charge in [0.15, 0.2) is 0 Å². The van der Waals surface area contributed by atoms with Gasteiger partial charge in [-0.1, -0.05) is 104 Å². The van der Waals surface area contributed by atoms with E-state index in [0.717, 1.165) is 65.3 Å². The monoisotopic (exact) mass is 558 g/mol. The molecule has 0 aliphatic rings. The molecule has 0 saturated heterocycles. The lowest BCUT2D eigenvalue weighted by Crippen LogP contribution is -1.95. The molecule has 4 heteroatoms. The van der Waals surface area contributed by atoms with Crippen LogP contribution in [0.15, 0.2) is 134 Å². The summed E-state index contributed by atoms with van der Waals surface area (Å²) in [4.78, 5) is 12.1.